The summed E-state index contributed by atoms with van der Waals surface area (Å²) in [6.07, 6.45) is 3.27. The van der Waals surface area contributed by atoms with Gasteiger partial charge in [0.25, 0.3) is 5.56 Å². The van der Waals surface area contributed by atoms with E-state index >= 15 is 0 Å². The molecule has 0 radical (unpaired) electrons. The van der Waals surface area contributed by atoms with Gasteiger partial charge in [-0.3, -0.25) is 14.2 Å². The third kappa shape index (κ3) is 5.66. The number of nitrogens with zero attached hydrogens (tertiary/aromatic N) is 4. The Hall–Kier alpha value is -3.48. The Morgan fingerprint density at radius 1 is 1.15 bits per heavy atom. The Morgan fingerprint density at radius 2 is 1.82 bits per heavy atom. The number of fused-ring (bicyclic) bond motifs is 1. The van der Waals surface area contributed by atoms with Crippen LogP contribution in [-0.2, 0) is 16.1 Å². The molecule has 7 nitrogen and oxygen atoms in total. The molecule has 3 aromatic rings. The number of esters is 1. The average Bonchev–Trinajstić information content (AvgIpc) is 2.77. The predicted octanol–water partition coefficient (Wildman–Crippen LogP) is 4.12. The van der Waals surface area contributed by atoms with Crippen molar-refractivity contribution in [3.05, 3.63) is 76.2 Å². The zero-order valence-electron chi connectivity index (χ0n) is 20.1. The second kappa shape index (κ2) is 9.98. The minimum Gasteiger partial charge on any atom is -0.467 e. The van der Waals surface area contributed by atoms with Gasteiger partial charge in [0.05, 0.1) is 12.6 Å². The van der Waals surface area contributed by atoms with Crippen LogP contribution >= 0.6 is 0 Å². The fourth-order valence-electron chi connectivity index (χ4n) is 3.65. The van der Waals surface area contributed by atoms with Crippen LogP contribution < -0.4 is 10.5 Å². The minimum absolute atomic E-state index is 0.0930. The van der Waals surface area contributed by atoms with Crippen molar-refractivity contribution in [3.63, 3.8) is 0 Å². The summed E-state index contributed by atoms with van der Waals surface area (Å²) >= 11 is 0. The number of aromatic nitrogens is 2. The molecule has 7 heteroatoms. The fraction of sp³-hybridized carbons (Fsp3) is 0.385. The zero-order valence-corrected chi connectivity index (χ0v) is 20.1. The Kier molecular flexibility index (Phi) is 7.31. The number of carbonyl (C=O) groups is 1. The highest BCUT2D eigenvalue weighted by atomic mass is 16.5. The molecule has 0 bridgehead atoms. The highest BCUT2D eigenvalue weighted by Crippen LogP contribution is 2.25. The third-order valence-electron chi connectivity index (χ3n) is 5.21. The summed E-state index contributed by atoms with van der Waals surface area (Å²) < 4.78 is 6.66. The van der Waals surface area contributed by atoms with E-state index in [1.165, 1.54) is 11.5 Å². The van der Waals surface area contributed by atoms with Gasteiger partial charge in [-0.15, -0.1) is 0 Å². The second-order valence-electron chi connectivity index (χ2n) is 9.34. The standard InChI is InChI=1S/C26H32N4O3/c1-18(2)22(25(32)33-6)30(17-19-12-8-7-9-13-19)23-20(16-27-26(3,4)5)24(31)29-15-11-10-14-21(29)28-23/h7-16,18,22H,17H2,1-6H3/t22-/m1/s1. The number of methoxy groups -OCH3 is 1. The van der Waals surface area contributed by atoms with Gasteiger partial charge < -0.3 is 9.64 Å². The van der Waals surface area contributed by atoms with Crippen LogP contribution in [0.2, 0.25) is 0 Å². The van der Waals surface area contributed by atoms with E-state index < -0.39 is 6.04 Å². The molecule has 0 aliphatic heterocycles. The Morgan fingerprint density at radius 3 is 2.42 bits per heavy atom. The highest BCUT2D eigenvalue weighted by Gasteiger charge is 2.33. The number of rotatable bonds is 7. The van der Waals surface area contributed by atoms with Gasteiger partial charge in [-0.25, -0.2) is 9.78 Å². The van der Waals surface area contributed by atoms with Gasteiger partial charge >= 0.3 is 5.97 Å². The molecule has 0 saturated heterocycles. The lowest BCUT2D eigenvalue weighted by molar-refractivity contribution is -0.143. The Balaban J connectivity index is 2.32. The number of pyridine rings is 1. The predicted molar refractivity (Wildman–Crippen MR) is 132 cm³/mol. The van der Waals surface area contributed by atoms with Crippen LogP contribution in [0.15, 0.2) is 64.5 Å². The molecule has 0 spiro atoms. The number of carbonyl (C=O) groups excluding carboxylic acids is 1. The van der Waals surface area contributed by atoms with Gasteiger partial charge in [-0.1, -0.05) is 50.2 Å². The smallest absolute Gasteiger partial charge is 0.328 e. The SMILES string of the molecule is COC(=O)[C@@H](C(C)C)N(Cc1ccccc1)c1nc2ccccn2c(=O)c1C=NC(C)(C)C. The van der Waals surface area contributed by atoms with E-state index in [9.17, 15) is 9.59 Å². The van der Waals surface area contributed by atoms with Crippen molar-refractivity contribution >= 4 is 23.6 Å². The fourth-order valence-corrected chi connectivity index (χ4v) is 3.65. The van der Waals surface area contributed by atoms with E-state index in [1.54, 1.807) is 24.5 Å². The van der Waals surface area contributed by atoms with Crippen LogP contribution in [0.5, 0.6) is 0 Å². The number of hydrogen-bond acceptors (Lipinski definition) is 6. The average molecular weight is 449 g/mol. The lowest BCUT2D eigenvalue weighted by atomic mass is 10.0. The molecule has 3 rings (SSSR count). The molecule has 0 aliphatic rings. The van der Waals surface area contributed by atoms with Crippen LogP contribution in [0.4, 0.5) is 5.82 Å². The molecule has 2 heterocycles. The molecular formula is C26H32N4O3. The normalized spacial score (nSPS) is 12.9. The first-order chi connectivity index (χ1) is 15.6. The Bertz CT molecular complexity index is 1190. The molecule has 0 unspecified atom stereocenters. The van der Waals surface area contributed by atoms with Gasteiger partial charge in [0, 0.05) is 19.0 Å². The lowest BCUT2D eigenvalue weighted by Gasteiger charge is -2.34. The van der Waals surface area contributed by atoms with Crippen LogP contribution in [0.25, 0.3) is 5.65 Å². The van der Waals surface area contributed by atoms with E-state index in [2.05, 4.69) is 4.99 Å². The molecule has 1 aromatic carbocycles. The van der Waals surface area contributed by atoms with Crippen LogP contribution in [0.3, 0.4) is 0 Å². The summed E-state index contributed by atoms with van der Waals surface area (Å²) in [6, 6.07) is 14.5. The van der Waals surface area contributed by atoms with Crippen molar-refractivity contribution < 1.29 is 9.53 Å². The van der Waals surface area contributed by atoms with Gasteiger partial charge in [0.2, 0.25) is 0 Å². The molecule has 33 heavy (non-hydrogen) atoms. The molecule has 0 N–H and O–H groups in total. The van der Waals surface area contributed by atoms with Crippen molar-refractivity contribution in [1.29, 1.82) is 0 Å². The molecule has 0 saturated carbocycles. The number of ether oxygens (including phenoxy) is 1. The van der Waals surface area contributed by atoms with Gasteiger partial charge in [-0.2, -0.15) is 0 Å². The van der Waals surface area contributed by atoms with E-state index in [4.69, 9.17) is 9.72 Å². The first-order valence-electron chi connectivity index (χ1n) is 11.1. The van der Waals surface area contributed by atoms with Crippen molar-refractivity contribution in [3.8, 4) is 0 Å². The lowest BCUT2D eigenvalue weighted by Crippen LogP contribution is -2.47. The molecule has 0 fully saturated rings. The maximum absolute atomic E-state index is 13.5. The van der Waals surface area contributed by atoms with Crippen molar-refractivity contribution in [2.75, 3.05) is 12.0 Å². The maximum atomic E-state index is 13.5. The summed E-state index contributed by atoms with van der Waals surface area (Å²) in [5.74, 6) is -0.0635. The number of benzene rings is 1. The highest BCUT2D eigenvalue weighted by molar-refractivity contribution is 5.89. The molecule has 174 valence electrons. The van der Waals surface area contributed by atoms with Gasteiger partial charge in [0.1, 0.15) is 23.1 Å². The van der Waals surface area contributed by atoms with Gasteiger partial charge in [0.15, 0.2) is 0 Å². The van der Waals surface area contributed by atoms with E-state index in [0.29, 0.717) is 23.6 Å². The second-order valence-corrected chi connectivity index (χ2v) is 9.34. The van der Waals surface area contributed by atoms with Crippen LogP contribution in [0, 0.1) is 5.92 Å². The van der Waals surface area contributed by atoms with E-state index in [0.717, 1.165) is 5.56 Å². The summed E-state index contributed by atoms with van der Waals surface area (Å²) in [5, 5.41) is 0. The summed E-state index contributed by atoms with van der Waals surface area (Å²) in [4.78, 5) is 37.8. The van der Waals surface area contributed by atoms with E-state index in [-0.39, 0.29) is 23.0 Å². The molecule has 1 atom stereocenters. The number of anilines is 1. The molecule has 0 aliphatic carbocycles. The number of aliphatic imine (C=N–C) groups is 1. The minimum atomic E-state index is -0.643. The molecular weight excluding hydrogens is 416 g/mol. The third-order valence-corrected chi connectivity index (χ3v) is 5.21. The quantitative estimate of drug-likeness (QED) is 0.401. The maximum Gasteiger partial charge on any atom is 0.328 e. The van der Waals surface area contributed by atoms with Crippen molar-refractivity contribution in [2.45, 2.75) is 52.7 Å². The van der Waals surface area contributed by atoms with Gasteiger partial charge in [-0.05, 0) is 44.4 Å². The van der Waals surface area contributed by atoms with E-state index in [1.807, 2.05) is 75.9 Å². The summed E-state index contributed by atoms with van der Waals surface area (Å²) in [5.41, 5.74) is 1.19. The van der Waals surface area contributed by atoms with Crippen LogP contribution in [-0.4, -0.2) is 40.3 Å². The topological polar surface area (TPSA) is 76.3 Å². The monoisotopic (exact) mass is 448 g/mol. The van der Waals surface area contributed by atoms with Crippen molar-refractivity contribution in [2.24, 2.45) is 10.9 Å². The number of hydrogen-bond donors (Lipinski definition) is 0. The first kappa shape index (κ1) is 24.2. The molecule has 0 amide bonds. The van der Waals surface area contributed by atoms with Crippen molar-refractivity contribution in [1.82, 2.24) is 9.38 Å². The zero-order chi connectivity index (χ0) is 24.2. The first-order valence-corrected chi connectivity index (χ1v) is 11.1. The molecule has 2 aromatic heterocycles. The Labute approximate surface area is 194 Å². The largest absolute Gasteiger partial charge is 0.467 e. The van der Waals surface area contributed by atoms with Crippen LogP contribution in [0.1, 0.15) is 45.7 Å². The summed E-state index contributed by atoms with van der Waals surface area (Å²) in [6.45, 7) is 10.2. The summed E-state index contributed by atoms with van der Waals surface area (Å²) in [7, 11) is 1.38.